The lowest BCUT2D eigenvalue weighted by atomic mass is 9.77. The Morgan fingerprint density at radius 1 is 1.04 bits per heavy atom. The van der Waals surface area contributed by atoms with Crippen LogP contribution in [0.1, 0.15) is 30.4 Å². The zero-order valence-electron chi connectivity index (χ0n) is 15.1. The van der Waals surface area contributed by atoms with Gasteiger partial charge in [-0.05, 0) is 37.0 Å². The number of benzene rings is 2. The number of carbonyl (C=O) groups is 1. The number of fused-ring (bicyclic) bond motifs is 5. The van der Waals surface area contributed by atoms with Gasteiger partial charge in [-0.2, -0.15) is 0 Å². The largest absolute Gasteiger partial charge is 0.491 e. The minimum Gasteiger partial charge on any atom is -0.491 e. The summed E-state index contributed by atoms with van der Waals surface area (Å²) in [6.07, 6.45) is 4.85. The van der Waals surface area contributed by atoms with Gasteiger partial charge >= 0.3 is 0 Å². The first-order chi connectivity index (χ1) is 13.3. The number of allylic oxidation sites excluding steroid dienone is 1. The standard InChI is InChI=1S/C22H21NO4/c1-2-3-4-7-10-23-17-9-6-5-8-15(17)22(21(23)24)13-25-18-12-20-19(11-16(18)22)26-14-27-20/h2,5-6,8-9,11-12H,1,3-4,7,10,13-14H2. The van der Waals surface area contributed by atoms with Gasteiger partial charge in [-0.1, -0.05) is 24.3 Å². The predicted molar refractivity (Wildman–Crippen MR) is 102 cm³/mol. The van der Waals surface area contributed by atoms with Crippen molar-refractivity contribution in [2.75, 3.05) is 24.8 Å². The highest BCUT2D eigenvalue weighted by atomic mass is 16.7. The molecule has 3 aliphatic heterocycles. The van der Waals surface area contributed by atoms with Gasteiger partial charge in [-0.3, -0.25) is 4.79 Å². The molecule has 0 radical (unpaired) electrons. The first-order valence-electron chi connectivity index (χ1n) is 9.35. The van der Waals surface area contributed by atoms with Crippen LogP contribution in [-0.2, 0) is 10.2 Å². The van der Waals surface area contributed by atoms with Crippen molar-refractivity contribution in [3.63, 3.8) is 0 Å². The van der Waals surface area contributed by atoms with Crippen molar-refractivity contribution >= 4 is 11.6 Å². The second kappa shape index (κ2) is 6.05. The number of unbranched alkanes of at least 4 members (excludes halogenated alkanes) is 2. The quantitative estimate of drug-likeness (QED) is 0.599. The van der Waals surface area contributed by atoms with Gasteiger partial charge in [0.2, 0.25) is 12.7 Å². The molecule has 27 heavy (non-hydrogen) atoms. The fourth-order valence-electron chi connectivity index (χ4n) is 4.35. The van der Waals surface area contributed by atoms with Crippen LogP contribution in [0.5, 0.6) is 17.2 Å². The van der Waals surface area contributed by atoms with E-state index >= 15 is 0 Å². The van der Waals surface area contributed by atoms with Crippen molar-refractivity contribution in [3.05, 3.63) is 60.2 Å². The molecule has 0 aromatic heterocycles. The molecule has 0 saturated carbocycles. The van der Waals surface area contributed by atoms with Crippen molar-refractivity contribution in [3.8, 4) is 17.2 Å². The van der Waals surface area contributed by atoms with Crippen LogP contribution >= 0.6 is 0 Å². The fourth-order valence-corrected chi connectivity index (χ4v) is 4.35. The molecule has 3 heterocycles. The minimum absolute atomic E-state index is 0.0833. The third kappa shape index (κ3) is 2.21. The van der Waals surface area contributed by atoms with Crippen molar-refractivity contribution in [2.24, 2.45) is 0 Å². The maximum absolute atomic E-state index is 13.7. The van der Waals surface area contributed by atoms with E-state index < -0.39 is 5.41 Å². The number of rotatable bonds is 5. The molecule has 1 amide bonds. The molecule has 1 atom stereocenters. The molecule has 3 aliphatic rings. The molecule has 5 heteroatoms. The molecule has 0 saturated heterocycles. The predicted octanol–water partition coefficient (Wildman–Crippen LogP) is 3.80. The molecule has 2 aromatic rings. The monoisotopic (exact) mass is 363 g/mol. The number of anilines is 1. The maximum Gasteiger partial charge on any atom is 0.245 e. The van der Waals surface area contributed by atoms with Crippen molar-refractivity contribution in [2.45, 2.75) is 24.7 Å². The Morgan fingerprint density at radius 2 is 1.85 bits per heavy atom. The van der Waals surface area contributed by atoms with E-state index in [4.69, 9.17) is 14.2 Å². The van der Waals surface area contributed by atoms with Gasteiger partial charge in [-0.15, -0.1) is 6.58 Å². The van der Waals surface area contributed by atoms with Gasteiger partial charge in [-0.25, -0.2) is 0 Å². The summed E-state index contributed by atoms with van der Waals surface area (Å²) in [6.45, 7) is 4.98. The molecule has 138 valence electrons. The van der Waals surface area contributed by atoms with E-state index in [0.717, 1.165) is 36.1 Å². The van der Waals surface area contributed by atoms with E-state index in [0.29, 0.717) is 30.4 Å². The summed E-state index contributed by atoms with van der Waals surface area (Å²) in [5.41, 5.74) is 2.06. The third-order valence-corrected chi connectivity index (χ3v) is 5.68. The lowest BCUT2D eigenvalue weighted by Crippen LogP contribution is -2.42. The van der Waals surface area contributed by atoms with E-state index in [2.05, 4.69) is 6.58 Å². The van der Waals surface area contributed by atoms with Crippen molar-refractivity contribution in [1.29, 1.82) is 0 Å². The molecular weight excluding hydrogens is 342 g/mol. The Bertz CT molecular complexity index is 938. The molecule has 2 aromatic carbocycles. The van der Waals surface area contributed by atoms with Crippen LogP contribution in [-0.4, -0.2) is 25.9 Å². The van der Waals surface area contributed by atoms with E-state index in [9.17, 15) is 4.79 Å². The second-order valence-corrected chi connectivity index (χ2v) is 7.15. The first-order valence-corrected chi connectivity index (χ1v) is 9.35. The number of carbonyl (C=O) groups excluding carboxylic acids is 1. The summed E-state index contributed by atoms with van der Waals surface area (Å²) in [6, 6.07) is 11.8. The van der Waals surface area contributed by atoms with Crippen LogP contribution in [0, 0.1) is 0 Å². The molecule has 0 N–H and O–H groups in total. The topological polar surface area (TPSA) is 48.0 Å². The van der Waals surface area contributed by atoms with E-state index in [1.807, 2.05) is 47.4 Å². The summed E-state index contributed by atoms with van der Waals surface area (Å²) in [5.74, 6) is 2.13. The van der Waals surface area contributed by atoms with E-state index in [1.165, 1.54) is 0 Å². The number of amides is 1. The Balaban J connectivity index is 1.58. The number of para-hydroxylation sites is 1. The molecule has 5 nitrogen and oxygen atoms in total. The van der Waals surface area contributed by atoms with E-state index in [1.54, 1.807) is 0 Å². The fraction of sp³-hybridized carbons (Fsp3) is 0.318. The van der Waals surface area contributed by atoms with Gasteiger partial charge in [0.25, 0.3) is 0 Å². The number of ether oxygens (including phenoxy) is 3. The normalized spacial score (nSPS) is 21.3. The zero-order valence-corrected chi connectivity index (χ0v) is 15.1. The average Bonchev–Trinajstić information content (AvgIpc) is 3.36. The van der Waals surface area contributed by atoms with Crippen molar-refractivity contribution < 1.29 is 19.0 Å². The Hall–Kier alpha value is -2.95. The molecule has 1 spiro atoms. The lowest BCUT2D eigenvalue weighted by molar-refractivity contribution is -0.122. The lowest BCUT2D eigenvalue weighted by Gasteiger charge is -2.23. The Morgan fingerprint density at radius 3 is 2.70 bits per heavy atom. The van der Waals surface area contributed by atoms with Crippen LogP contribution < -0.4 is 19.1 Å². The first kappa shape index (κ1) is 16.2. The Kier molecular flexibility index (Phi) is 3.64. The third-order valence-electron chi connectivity index (χ3n) is 5.68. The molecule has 0 aliphatic carbocycles. The molecular formula is C22H21NO4. The molecule has 5 rings (SSSR count). The van der Waals surface area contributed by atoms with Crippen LogP contribution in [0.4, 0.5) is 5.69 Å². The van der Waals surface area contributed by atoms with Gasteiger partial charge in [0.05, 0.1) is 0 Å². The molecule has 0 fully saturated rings. The smallest absolute Gasteiger partial charge is 0.245 e. The summed E-state index contributed by atoms with van der Waals surface area (Å²) in [5, 5.41) is 0. The van der Waals surface area contributed by atoms with Crippen LogP contribution in [0.2, 0.25) is 0 Å². The van der Waals surface area contributed by atoms with Crippen LogP contribution in [0.25, 0.3) is 0 Å². The number of nitrogens with zero attached hydrogens (tertiary/aromatic N) is 1. The van der Waals surface area contributed by atoms with Crippen LogP contribution in [0.3, 0.4) is 0 Å². The second-order valence-electron chi connectivity index (χ2n) is 7.15. The number of hydrogen-bond donors (Lipinski definition) is 0. The minimum atomic E-state index is -0.800. The van der Waals surface area contributed by atoms with Crippen LogP contribution in [0.15, 0.2) is 49.1 Å². The van der Waals surface area contributed by atoms with Gasteiger partial charge < -0.3 is 19.1 Å². The average molecular weight is 363 g/mol. The highest BCUT2D eigenvalue weighted by molar-refractivity contribution is 6.11. The van der Waals surface area contributed by atoms with Crippen molar-refractivity contribution in [1.82, 2.24) is 0 Å². The maximum atomic E-state index is 13.7. The highest BCUT2D eigenvalue weighted by Crippen LogP contribution is 2.54. The summed E-state index contributed by atoms with van der Waals surface area (Å²) in [4.78, 5) is 15.6. The van der Waals surface area contributed by atoms with Gasteiger partial charge in [0.1, 0.15) is 17.8 Å². The zero-order chi connectivity index (χ0) is 18.4. The van der Waals surface area contributed by atoms with E-state index in [-0.39, 0.29) is 12.7 Å². The number of hydrogen-bond acceptors (Lipinski definition) is 4. The molecule has 1 unspecified atom stereocenters. The van der Waals surface area contributed by atoms with Gasteiger partial charge in [0, 0.05) is 23.9 Å². The van der Waals surface area contributed by atoms with Gasteiger partial charge in [0.15, 0.2) is 11.5 Å². The summed E-state index contributed by atoms with van der Waals surface area (Å²) >= 11 is 0. The SMILES string of the molecule is C=CCCCCN1C(=O)C2(COc3cc4c(cc32)OCO4)c2ccccc21. The summed E-state index contributed by atoms with van der Waals surface area (Å²) in [7, 11) is 0. The highest BCUT2D eigenvalue weighted by Gasteiger charge is 2.57. The summed E-state index contributed by atoms with van der Waals surface area (Å²) < 4.78 is 17.0. The molecule has 0 bridgehead atoms. The Labute approximate surface area is 158 Å².